The predicted octanol–water partition coefficient (Wildman–Crippen LogP) is 2.40. The number of thiophene rings is 1. The van der Waals surface area contributed by atoms with Crippen molar-refractivity contribution < 1.29 is 4.74 Å². The van der Waals surface area contributed by atoms with Gasteiger partial charge in [0.25, 0.3) is 0 Å². The van der Waals surface area contributed by atoms with E-state index in [0.29, 0.717) is 25.0 Å². The Morgan fingerprint density at radius 2 is 2.05 bits per heavy atom. The van der Waals surface area contributed by atoms with Crippen molar-refractivity contribution in [3.63, 3.8) is 0 Å². The largest absolute Gasteiger partial charge is 0.378 e. The summed E-state index contributed by atoms with van der Waals surface area (Å²) >= 11 is 7.64. The van der Waals surface area contributed by atoms with Crippen LogP contribution in [-0.4, -0.2) is 41.3 Å². The van der Waals surface area contributed by atoms with Crippen LogP contribution in [0.1, 0.15) is 5.56 Å². The number of halogens is 1. The molecule has 1 fully saturated rings. The lowest BCUT2D eigenvalue weighted by molar-refractivity contribution is 0.122. The van der Waals surface area contributed by atoms with Gasteiger partial charge in [-0.25, -0.2) is 0 Å². The molecule has 19 heavy (non-hydrogen) atoms. The van der Waals surface area contributed by atoms with E-state index in [1.807, 2.05) is 18.4 Å². The minimum atomic E-state index is 0.235. The highest BCUT2D eigenvalue weighted by molar-refractivity contribution is 7.13. The fourth-order valence-corrected chi connectivity index (χ4v) is 2.96. The highest BCUT2D eigenvalue weighted by Crippen LogP contribution is 2.28. The summed E-state index contributed by atoms with van der Waals surface area (Å²) in [5.74, 6) is 1.28. The van der Waals surface area contributed by atoms with Crippen LogP contribution in [0.2, 0.25) is 5.28 Å². The maximum Gasteiger partial charge on any atom is 0.230 e. The van der Waals surface area contributed by atoms with Crippen molar-refractivity contribution in [3.8, 4) is 10.7 Å². The van der Waals surface area contributed by atoms with Crippen molar-refractivity contribution in [2.75, 3.05) is 31.2 Å². The second-order valence-electron chi connectivity index (χ2n) is 4.26. The summed E-state index contributed by atoms with van der Waals surface area (Å²) < 4.78 is 5.33. The first kappa shape index (κ1) is 12.8. The lowest BCUT2D eigenvalue weighted by Crippen LogP contribution is -2.37. The summed E-state index contributed by atoms with van der Waals surface area (Å²) in [7, 11) is 0. The molecule has 3 rings (SSSR count). The standard InChI is InChI=1S/C12H13ClN4OS/c1-8-2-7-19-9(8)10-14-11(13)16-12(15-10)17-3-5-18-6-4-17/h2,7H,3-6H2,1H3. The molecule has 0 radical (unpaired) electrons. The molecule has 5 nitrogen and oxygen atoms in total. The van der Waals surface area contributed by atoms with Crippen LogP contribution < -0.4 is 4.90 Å². The molecule has 100 valence electrons. The molecule has 0 spiro atoms. The van der Waals surface area contributed by atoms with Gasteiger partial charge in [-0.15, -0.1) is 11.3 Å². The van der Waals surface area contributed by atoms with Gasteiger partial charge in [0.15, 0.2) is 5.82 Å². The highest BCUT2D eigenvalue weighted by Gasteiger charge is 2.17. The number of anilines is 1. The molecule has 0 aromatic carbocycles. The molecule has 3 heterocycles. The van der Waals surface area contributed by atoms with Gasteiger partial charge in [-0.2, -0.15) is 15.0 Å². The highest BCUT2D eigenvalue weighted by atomic mass is 35.5. The minimum absolute atomic E-state index is 0.235. The topological polar surface area (TPSA) is 51.1 Å². The molecule has 7 heteroatoms. The minimum Gasteiger partial charge on any atom is -0.378 e. The predicted molar refractivity (Wildman–Crippen MR) is 75.9 cm³/mol. The molecule has 0 amide bonds. The maximum atomic E-state index is 6.02. The van der Waals surface area contributed by atoms with E-state index in [4.69, 9.17) is 16.3 Å². The zero-order valence-corrected chi connectivity index (χ0v) is 12.0. The number of ether oxygens (including phenoxy) is 1. The van der Waals surface area contributed by atoms with E-state index in [0.717, 1.165) is 23.5 Å². The number of aromatic nitrogens is 3. The Labute approximate surface area is 120 Å². The molecule has 2 aromatic rings. The van der Waals surface area contributed by atoms with E-state index < -0.39 is 0 Å². The molecular weight excluding hydrogens is 284 g/mol. The number of morpholine rings is 1. The summed E-state index contributed by atoms with van der Waals surface area (Å²) in [6.07, 6.45) is 0. The second kappa shape index (κ2) is 5.40. The van der Waals surface area contributed by atoms with Crippen molar-refractivity contribution in [2.45, 2.75) is 6.92 Å². The SMILES string of the molecule is Cc1ccsc1-c1nc(Cl)nc(N2CCOCC2)n1. The third-order valence-corrected chi connectivity index (χ3v) is 4.14. The third-order valence-electron chi connectivity index (χ3n) is 2.96. The van der Waals surface area contributed by atoms with Crippen LogP contribution >= 0.6 is 22.9 Å². The zero-order chi connectivity index (χ0) is 13.2. The Kier molecular flexibility index (Phi) is 3.63. The smallest absolute Gasteiger partial charge is 0.230 e. The van der Waals surface area contributed by atoms with E-state index >= 15 is 0 Å². The first-order valence-electron chi connectivity index (χ1n) is 6.03. The van der Waals surface area contributed by atoms with Crippen molar-refractivity contribution in [3.05, 3.63) is 22.3 Å². The van der Waals surface area contributed by atoms with Crippen molar-refractivity contribution in [2.24, 2.45) is 0 Å². The Morgan fingerprint density at radius 1 is 1.26 bits per heavy atom. The number of hydrogen-bond acceptors (Lipinski definition) is 6. The summed E-state index contributed by atoms with van der Waals surface area (Å²) in [5.41, 5.74) is 1.15. The van der Waals surface area contributed by atoms with Gasteiger partial charge in [0.1, 0.15) is 0 Å². The number of nitrogens with zero attached hydrogens (tertiary/aromatic N) is 4. The molecule has 1 aliphatic heterocycles. The molecule has 0 N–H and O–H groups in total. The molecule has 1 saturated heterocycles. The van der Waals surface area contributed by atoms with Gasteiger partial charge in [-0.1, -0.05) is 0 Å². The molecule has 2 aromatic heterocycles. The summed E-state index contributed by atoms with van der Waals surface area (Å²) in [5, 5.41) is 2.26. The van der Waals surface area contributed by atoms with E-state index in [1.54, 1.807) is 11.3 Å². The Balaban J connectivity index is 1.98. The first-order chi connectivity index (χ1) is 9.24. The number of aryl methyl sites for hydroxylation is 1. The van der Waals surface area contributed by atoms with Crippen LogP contribution in [0, 0.1) is 6.92 Å². The van der Waals surface area contributed by atoms with Gasteiger partial charge in [0, 0.05) is 13.1 Å². The van der Waals surface area contributed by atoms with Crippen molar-refractivity contribution in [1.82, 2.24) is 15.0 Å². The second-order valence-corrected chi connectivity index (χ2v) is 5.51. The van der Waals surface area contributed by atoms with Gasteiger partial charge in [0.05, 0.1) is 18.1 Å². The third kappa shape index (κ3) is 2.70. The summed E-state index contributed by atoms with van der Waals surface area (Å²) in [4.78, 5) is 16.1. The molecule has 0 unspecified atom stereocenters. The Hall–Kier alpha value is -1.24. The van der Waals surface area contributed by atoms with Gasteiger partial charge < -0.3 is 9.64 Å². The normalized spacial score (nSPS) is 15.8. The van der Waals surface area contributed by atoms with Crippen molar-refractivity contribution in [1.29, 1.82) is 0 Å². The van der Waals surface area contributed by atoms with E-state index in [9.17, 15) is 0 Å². The lowest BCUT2D eigenvalue weighted by atomic mass is 10.3. The number of hydrogen-bond donors (Lipinski definition) is 0. The lowest BCUT2D eigenvalue weighted by Gasteiger charge is -2.26. The fourth-order valence-electron chi connectivity index (χ4n) is 1.95. The maximum absolute atomic E-state index is 6.02. The Bertz CT molecular complexity index is 583. The molecule has 0 aliphatic carbocycles. The summed E-state index contributed by atoms with van der Waals surface area (Å²) in [6.45, 7) is 4.98. The van der Waals surface area contributed by atoms with Gasteiger partial charge in [-0.3, -0.25) is 0 Å². The molecule has 0 saturated carbocycles. The molecular formula is C12H13ClN4OS. The summed E-state index contributed by atoms with van der Waals surface area (Å²) in [6, 6.07) is 2.05. The van der Waals surface area contributed by atoms with Crippen LogP contribution in [0.15, 0.2) is 11.4 Å². The average Bonchev–Trinajstić information content (AvgIpc) is 2.85. The van der Waals surface area contributed by atoms with E-state index in [-0.39, 0.29) is 5.28 Å². The van der Waals surface area contributed by atoms with Crippen LogP contribution in [0.25, 0.3) is 10.7 Å². The van der Waals surface area contributed by atoms with Gasteiger partial charge >= 0.3 is 0 Å². The van der Waals surface area contributed by atoms with Crippen molar-refractivity contribution >= 4 is 28.9 Å². The monoisotopic (exact) mass is 296 g/mol. The Morgan fingerprint density at radius 3 is 2.74 bits per heavy atom. The fraction of sp³-hybridized carbons (Fsp3) is 0.417. The van der Waals surface area contributed by atoms with E-state index in [1.165, 1.54) is 0 Å². The van der Waals surface area contributed by atoms with Crippen LogP contribution in [-0.2, 0) is 4.74 Å². The van der Waals surface area contributed by atoms with E-state index in [2.05, 4.69) is 19.9 Å². The molecule has 0 bridgehead atoms. The zero-order valence-electron chi connectivity index (χ0n) is 10.5. The number of rotatable bonds is 2. The average molecular weight is 297 g/mol. The van der Waals surface area contributed by atoms with Crippen LogP contribution in [0.5, 0.6) is 0 Å². The first-order valence-corrected chi connectivity index (χ1v) is 7.28. The molecule has 1 aliphatic rings. The van der Waals surface area contributed by atoms with Crippen LogP contribution in [0.4, 0.5) is 5.95 Å². The van der Waals surface area contributed by atoms with Gasteiger partial charge in [0.2, 0.25) is 11.2 Å². The molecule has 0 atom stereocenters. The van der Waals surface area contributed by atoms with Gasteiger partial charge in [-0.05, 0) is 35.5 Å². The quantitative estimate of drug-likeness (QED) is 0.852. The van der Waals surface area contributed by atoms with Crippen LogP contribution in [0.3, 0.4) is 0 Å².